The van der Waals surface area contributed by atoms with Gasteiger partial charge in [-0.1, -0.05) is 18.2 Å². The number of nitrogens with zero attached hydrogens (tertiary/aromatic N) is 1. The Morgan fingerprint density at radius 3 is 2.41 bits per heavy atom. The van der Waals surface area contributed by atoms with Gasteiger partial charge in [0, 0.05) is 7.05 Å². The summed E-state index contributed by atoms with van der Waals surface area (Å²) in [6, 6.07) is 13.0. The third-order valence-corrected chi connectivity index (χ3v) is 6.52. The van der Waals surface area contributed by atoms with Crippen molar-refractivity contribution in [3.05, 3.63) is 59.2 Å². The van der Waals surface area contributed by atoms with Gasteiger partial charge in [-0.2, -0.15) is 0 Å². The van der Waals surface area contributed by atoms with Crippen LogP contribution in [0.15, 0.2) is 42.5 Å². The number of benzene rings is 2. The van der Waals surface area contributed by atoms with Crippen molar-refractivity contribution in [3.8, 4) is 5.75 Å². The van der Waals surface area contributed by atoms with Gasteiger partial charge in [-0.05, 0) is 73.6 Å². The van der Waals surface area contributed by atoms with Crippen molar-refractivity contribution in [2.75, 3.05) is 24.2 Å². The van der Waals surface area contributed by atoms with Crippen molar-refractivity contribution in [3.63, 3.8) is 0 Å². The van der Waals surface area contributed by atoms with E-state index in [2.05, 4.69) is 23.5 Å². The number of rotatable bonds is 7. The maximum atomic E-state index is 12.3. The van der Waals surface area contributed by atoms with Crippen LogP contribution >= 0.6 is 0 Å². The molecule has 1 aliphatic carbocycles. The van der Waals surface area contributed by atoms with Crippen LogP contribution in [0, 0.1) is 0 Å². The standard InChI is InChI=1S/C22H28N2O4S/c1-16(18-9-8-17-6-4-5-7-19(17)14-18)23-22(25)15-28-21-12-10-20(11-13-21)24(2)29(3,26)27/h8-14,16H,4-7,15H2,1-3H3,(H,23,25)/t16-/m0/s1. The van der Waals surface area contributed by atoms with Gasteiger partial charge in [0.25, 0.3) is 5.91 Å². The van der Waals surface area contributed by atoms with Crippen molar-refractivity contribution >= 4 is 21.6 Å². The van der Waals surface area contributed by atoms with E-state index in [0.29, 0.717) is 11.4 Å². The van der Waals surface area contributed by atoms with Crippen molar-refractivity contribution in [1.82, 2.24) is 5.32 Å². The van der Waals surface area contributed by atoms with Crippen LogP contribution in [0.25, 0.3) is 0 Å². The number of aryl methyl sites for hydroxylation is 2. The first-order valence-corrected chi connectivity index (χ1v) is 11.7. The minimum Gasteiger partial charge on any atom is -0.484 e. The van der Waals surface area contributed by atoms with Crippen LogP contribution in [0.1, 0.15) is 42.5 Å². The van der Waals surface area contributed by atoms with Crippen LogP contribution in [-0.4, -0.2) is 34.2 Å². The molecule has 0 unspecified atom stereocenters. The number of hydrogen-bond donors (Lipinski definition) is 1. The number of amides is 1. The van der Waals surface area contributed by atoms with E-state index in [4.69, 9.17) is 4.74 Å². The Morgan fingerprint density at radius 2 is 1.76 bits per heavy atom. The summed E-state index contributed by atoms with van der Waals surface area (Å²) in [6.45, 7) is 1.87. The Hall–Kier alpha value is -2.54. The van der Waals surface area contributed by atoms with Crippen LogP contribution < -0.4 is 14.4 Å². The highest BCUT2D eigenvalue weighted by Gasteiger charge is 2.15. The summed E-state index contributed by atoms with van der Waals surface area (Å²) in [4.78, 5) is 12.3. The van der Waals surface area contributed by atoms with Crippen LogP contribution in [-0.2, 0) is 27.7 Å². The SMILES string of the molecule is C[C@H](NC(=O)COc1ccc(N(C)S(C)(=O)=O)cc1)c1ccc2c(c1)CCCC2. The van der Waals surface area contributed by atoms with Gasteiger partial charge in [0.15, 0.2) is 6.61 Å². The molecule has 29 heavy (non-hydrogen) atoms. The molecule has 156 valence electrons. The molecule has 1 N–H and O–H groups in total. The quantitative estimate of drug-likeness (QED) is 0.752. The molecule has 1 atom stereocenters. The zero-order valence-corrected chi connectivity index (χ0v) is 18.0. The second kappa shape index (κ2) is 8.86. The number of ether oxygens (including phenoxy) is 1. The summed E-state index contributed by atoms with van der Waals surface area (Å²) >= 11 is 0. The predicted octanol–water partition coefficient (Wildman–Crippen LogP) is 3.22. The van der Waals surface area contributed by atoms with Gasteiger partial charge in [-0.15, -0.1) is 0 Å². The number of nitrogens with one attached hydrogen (secondary N) is 1. The average Bonchev–Trinajstić information content (AvgIpc) is 2.71. The number of carbonyl (C=O) groups is 1. The van der Waals surface area contributed by atoms with Gasteiger partial charge >= 0.3 is 0 Å². The number of fused-ring (bicyclic) bond motifs is 1. The Kier molecular flexibility index (Phi) is 6.47. The average molecular weight is 417 g/mol. The maximum Gasteiger partial charge on any atom is 0.258 e. The van der Waals surface area contributed by atoms with Crippen LogP contribution in [0.4, 0.5) is 5.69 Å². The van der Waals surface area contributed by atoms with E-state index in [-0.39, 0.29) is 18.6 Å². The molecule has 2 aromatic carbocycles. The molecule has 1 aliphatic rings. The molecular formula is C22H28N2O4S. The highest BCUT2D eigenvalue weighted by atomic mass is 32.2. The molecule has 0 saturated heterocycles. The monoisotopic (exact) mass is 416 g/mol. The molecule has 0 saturated carbocycles. The first-order valence-electron chi connectivity index (χ1n) is 9.82. The predicted molar refractivity (Wildman–Crippen MR) is 115 cm³/mol. The lowest BCUT2D eigenvalue weighted by Crippen LogP contribution is -2.31. The molecule has 7 heteroatoms. The molecule has 0 spiro atoms. The van der Waals surface area contributed by atoms with Crippen LogP contribution in [0.2, 0.25) is 0 Å². The Balaban J connectivity index is 1.53. The fourth-order valence-electron chi connectivity index (χ4n) is 3.48. The molecule has 2 aromatic rings. The van der Waals surface area contributed by atoms with E-state index >= 15 is 0 Å². The smallest absolute Gasteiger partial charge is 0.258 e. The number of sulfonamides is 1. The largest absolute Gasteiger partial charge is 0.484 e. The molecule has 6 nitrogen and oxygen atoms in total. The van der Waals surface area contributed by atoms with Gasteiger partial charge in [-0.3, -0.25) is 9.10 Å². The Morgan fingerprint density at radius 1 is 1.10 bits per heavy atom. The van der Waals surface area contributed by atoms with E-state index in [1.54, 1.807) is 24.3 Å². The van der Waals surface area contributed by atoms with Gasteiger partial charge < -0.3 is 10.1 Å². The lowest BCUT2D eigenvalue weighted by Gasteiger charge is -2.20. The lowest BCUT2D eigenvalue weighted by atomic mass is 9.89. The minimum atomic E-state index is -3.31. The normalized spacial score (nSPS) is 14.6. The first-order chi connectivity index (χ1) is 13.7. The molecule has 1 amide bonds. The first kappa shape index (κ1) is 21.2. The van der Waals surface area contributed by atoms with E-state index in [1.165, 1.54) is 35.3 Å². The molecular weight excluding hydrogens is 388 g/mol. The second-order valence-corrected chi connectivity index (χ2v) is 9.55. The number of hydrogen-bond acceptors (Lipinski definition) is 4. The molecule has 0 fully saturated rings. The zero-order chi connectivity index (χ0) is 21.0. The van der Waals surface area contributed by atoms with Gasteiger partial charge in [0.05, 0.1) is 18.0 Å². The third kappa shape index (κ3) is 5.50. The number of carbonyl (C=O) groups excluding carboxylic acids is 1. The molecule has 0 heterocycles. The summed E-state index contributed by atoms with van der Waals surface area (Å²) in [6.07, 6.45) is 5.87. The van der Waals surface area contributed by atoms with E-state index in [0.717, 1.165) is 24.7 Å². The maximum absolute atomic E-state index is 12.3. The fourth-order valence-corrected chi connectivity index (χ4v) is 3.99. The van der Waals surface area contributed by atoms with E-state index in [9.17, 15) is 13.2 Å². The molecule has 0 radical (unpaired) electrons. The van der Waals surface area contributed by atoms with Crippen molar-refractivity contribution in [2.45, 2.75) is 38.6 Å². The summed E-state index contributed by atoms with van der Waals surface area (Å²) in [5.74, 6) is 0.305. The van der Waals surface area contributed by atoms with Gasteiger partial charge in [0.2, 0.25) is 10.0 Å². The van der Waals surface area contributed by atoms with Crippen molar-refractivity contribution in [1.29, 1.82) is 0 Å². The van der Waals surface area contributed by atoms with Crippen molar-refractivity contribution in [2.24, 2.45) is 0 Å². The minimum absolute atomic E-state index is 0.0934. The van der Waals surface area contributed by atoms with Gasteiger partial charge in [-0.25, -0.2) is 8.42 Å². The summed E-state index contributed by atoms with van der Waals surface area (Å²) in [5, 5.41) is 2.97. The van der Waals surface area contributed by atoms with E-state index < -0.39 is 10.0 Å². The molecule has 0 aliphatic heterocycles. The summed E-state index contributed by atoms with van der Waals surface area (Å²) < 4.78 is 29.9. The highest BCUT2D eigenvalue weighted by molar-refractivity contribution is 7.92. The Bertz CT molecular complexity index is 971. The highest BCUT2D eigenvalue weighted by Crippen LogP contribution is 2.25. The topological polar surface area (TPSA) is 75.7 Å². The van der Waals surface area contributed by atoms with Crippen LogP contribution in [0.5, 0.6) is 5.75 Å². The van der Waals surface area contributed by atoms with Gasteiger partial charge in [0.1, 0.15) is 5.75 Å². The molecule has 0 aromatic heterocycles. The lowest BCUT2D eigenvalue weighted by molar-refractivity contribution is -0.123. The van der Waals surface area contributed by atoms with Crippen molar-refractivity contribution < 1.29 is 17.9 Å². The fraction of sp³-hybridized carbons (Fsp3) is 0.409. The van der Waals surface area contributed by atoms with E-state index in [1.807, 2.05) is 6.92 Å². The molecule has 3 rings (SSSR count). The summed E-state index contributed by atoms with van der Waals surface area (Å²) in [7, 11) is -1.83. The zero-order valence-electron chi connectivity index (χ0n) is 17.1. The van der Waals surface area contributed by atoms with Crippen LogP contribution in [0.3, 0.4) is 0 Å². The second-order valence-electron chi connectivity index (χ2n) is 7.54. The third-order valence-electron chi connectivity index (χ3n) is 5.32. The molecule has 0 bridgehead atoms. The summed E-state index contributed by atoms with van der Waals surface area (Å²) in [5.41, 5.74) is 4.45. The Labute approximate surface area is 172 Å². The number of anilines is 1.